The minimum atomic E-state index is 0.164. The van der Waals surface area contributed by atoms with Crippen LogP contribution in [0.25, 0.3) is 11.0 Å². The Bertz CT molecular complexity index is 593. The highest BCUT2D eigenvalue weighted by molar-refractivity contribution is 5.86. The van der Waals surface area contributed by atoms with Crippen LogP contribution in [0.2, 0.25) is 0 Å². The van der Waals surface area contributed by atoms with Gasteiger partial charge < -0.3 is 15.2 Å². The molecule has 6 heteroatoms. The first kappa shape index (κ1) is 12.0. The average molecular weight is 259 g/mol. The van der Waals surface area contributed by atoms with Crippen LogP contribution in [0.5, 0.6) is 0 Å². The van der Waals surface area contributed by atoms with Crippen molar-refractivity contribution in [2.24, 2.45) is 5.92 Å². The number of aromatic nitrogens is 3. The fraction of sp³-hybridized carbons (Fsp3) is 0.462. The van der Waals surface area contributed by atoms with Gasteiger partial charge in [0.1, 0.15) is 17.8 Å². The summed E-state index contributed by atoms with van der Waals surface area (Å²) in [6.45, 7) is 4.17. The van der Waals surface area contributed by atoms with Gasteiger partial charge >= 0.3 is 0 Å². The Labute approximate surface area is 111 Å². The van der Waals surface area contributed by atoms with Crippen molar-refractivity contribution in [2.75, 3.05) is 25.0 Å². The molecule has 1 unspecified atom stereocenters. The molecule has 0 spiro atoms. The zero-order chi connectivity index (χ0) is 13.2. The third kappa shape index (κ3) is 2.38. The molecule has 0 aliphatic carbocycles. The lowest BCUT2D eigenvalue weighted by Gasteiger charge is -2.14. The van der Waals surface area contributed by atoms with Crippen LogP contribution < -0.4 is 5.32 Å². The van der Waals surface area contributed by atoms with E-state index in [9.17, 15) is 4.79 Å². The van der Waals surface area contributed by atoms with Crippen molar-refractivity contribution in [1.82, 2.24) is 19.9 Å². The number of carbonyl (C=O) groups excluding carboxylic acids is 1. The van der Waals surface area contributed by atoms with E-state index in [1.807, 2.05) is 17.2 Å². The monoisotopic (exact) mass is 259 g/mol. The molecule has 0 bridgehead atoms. The van der Waals surface area contributed by atoms with E-state index in [4.69, 9.17) is 0 Å². The Hall–Kier alpha value is -2.11. The number of carbonyl (C=O) groups is 1. The van der Waals surface area contributed by atoms with Crippen LogP contribution in [-0.4, -0.2) is 45.4 Å². The maximum Gasteiger partial charge on any atom is 0.219 e. The number of fused-ring (bicyclic) bond motifs is 1. The molecule has 0 saturated carbocycles. The molecular weight excluding hydrogens is 242 g/mol. The fourth-order valence-electron chi connectivity index (χ4n) is 2.54. The average Bonchev–Trinajstić information content (AvgIpc) is 3.05. The number of aromatic amines is 1. The number of H-pyrrole nitrogens is 1. The summed E-state index contributed by atoms with van der Waals surface area (Å²) in [7, 11) is 0. The number of hydrogen-bond donors (Lipinski definition) is 2. The molecule has 0 aromatic carbocycles. The molecule has 2 aromatic rings. The molecule has 1 amide bonds. The van der Waals surface area contributed by atoms with Gasteiger partial charge in [0.15, 0.2) is 0 Å². The first-order valence-corrected chi connectivity index (χ1v) is 6.51. The standard InChI is InChI=1S/C13H17N5O/c1-9(19)18-5-3-10(7-18)6-15-13-11-2-4-14-12(11)16-8-17-13/h2,4,8,10H,3,5-7H2,1H3,(H2,14,15,16,17). The smallest absolute Gasteiger partial charge is 0.219 e. The number of rotatable bonds is 3. The molecule has 2 aromatic heterocycles. The minimum Gasteiger partial charge on any atom is -0.369 e. The van der Waals surface area contributed by atoms with E-state index in [1.54, 1.807) is 13.3 Å². The van der Waals surface area contributed by atoms with Crippen molar-refractivity contribution in [3.05, 3.63) is 18.6 Å². The Morgan fingerprint density at radius 3 is 3.26 bits per heavy atom. The summed E-state index contributed by atoms with van der Waals surface area (Å²) in [4.78, 5) is 24.7. The maximum atomic E-state index is 11.3. The second-order valence-corrected chi connectivity index (χ2v) is 4.96. The summed E-state index contributed by atoms with van der Waals surface area (Å²) >= 11 is 0. The van der Waals surface area contributed by atoms with Crippen molar-refractivity contribution < 1.29 is 4.79 Å². The molecule has 1 aliphatic rings. The van der Waals surface area contributed by atoms with Gasteiger partial charge in [-0.3, -0.25) is 4.79 Å². The molecule has 1 atom stereocenters. The molecule has 1 fully saturated rings. The molecule has 1 aliphatic heterocycles. The Morgan fingerprint density at radius 2 is 2.47 bits per heavy atom. The van der Waals surface area contributed by atoms with Crippen molar-refractivity contribution in [2.45, 2.75) is 13.3 Å². The third-order valence-electron chi connectivity index (χ3n) is 3.64. The van der Waals surface area contributed by atoms with Gasteiger partial charge in [0.05, 0.1) is 5.39 Å². The van der Waals surface area contributed by atoms with Crippen molar-refractivity contribution in [1.29, 1.82) is 0 Å². The number of likely N-dealkylation sites (tertiary alicyclic amines) is 1. The van der Waals surface area contributed by atoms with E-state index in [0.29, 0.717) is 5.92 Å². The third-order valence-corrected chi connectivity index (χ3v) is 3.64. The lowest BCUT2D eigenvalue weighted by molar-refractivity contribution is -0.127. The molecule has 3 rings (SSSR count). The lowest BCUT2D eigenvalue weighted by Crippen LogP contribution is -2.27. The van der Waals surface area contributed by atoms with Gasteiger partial charge in [-0.25, -0.2) is 9.97 Å². The second kappa shape index (κ2) is 4.87. The molecule has 100 valence electrons. The van der Waals surface area contributed by atoms with E-state index >= 15 is 0 Å². The van der Waals surface area contributed by atoms with Crippen molar-refractivity contribution in [3.8, 4) is 0 Å². The quantitative estimate of drug-likeness (QED) is 0.869. The van der Waals surface area contributed by atoms with Gasteiger partial charge in [-0.2, -0.15) is 0 Å². The molecule has 2 N–H and O–H groups in total. The van der Waals surface area contributed by atoms with Crippen LogP contribution in [-0.2, 0) is 4.79 Å². The Morgan fingerprint density at radius 1 is 1.58 bits per heavy atom. The molecular formula is C13H17N5O. The number of nitrogens with one attached hydrogen (secondary N) is 2. The molecule has 1 saturated heterocycles. The number of amides is 1. The number of hydrogen-bond acceptors (Lipinski definition) is 4. The van der Waals surface area contributed by atoms with Gasteiger partial charge in [-0.1, -0.05) is 0 Å². The van der Waals surface area contributed by atoms with Gasteiger partial charge in [-0.15, -0.1) is 0 Å². The van der Waals surface area contributed by atoms with Crippen LogP contribution in [0.3, 0.4) is 0 Å². The zero-order valence-corrected chi connectivity index (χ0v) is 10.9. The van der Waals surface area contributed by atoms with E-state index in [1.165, 1.54) is 0 Å². The van der Waals surface area contributed by atoms with E-state index in [-0.39, 0.29) is 5.91 Å². The number of anilines is 1. The molecule has 3 heterocycles. The minimum absolute atomic E-state index is 0.164. The van der Waals surface area contributed by atoms with Gasteiger partial charge in [-0.05, 0) is 18.4 Å². The predicted molar refractivity (Wildman–Crippen MR) is 72.7 cm³/mol. The normalized spacial score (nSPS) is 19.0. The largest absolute Gasteiger partial charge is 0.369 e. The first-order chi connectivity index (χ1) is 9.24. The Kier molecular flexibility index (Phi) is 3.06. The topological polar surface area (TPSA) is 73.9 Å². The van der Waals surface area contributed by atoms with Crippen LogP contribution in [0.4, 0.5) is 5.82 Å². The summed E-state index contributed by atoms with van der Waals surface area (Å²) in [5.74, 6) is 1.51. The fourth-order valence-corrected chi connectivity index (χ4v) is 2.54. The van der Waals surface area contributed by atoms with Crippen molar-refractivity contribution in [3.63, 3.8) is 0 Å². The molecule has 0 radical (unpaired) electrons. The SMILES string of the molecule is CC(=O)N1CCC(CNc2ncnc3[nH]ccc23)C1. The maximum absolute atomic E-state index is 11.3. The van der Waals surface area contributed by atoms with Gasteiger partial charge in [0.25, 0.3) is 0 Å². The van der Waals surface area contributed by atoms with Crippen LogP contribution >= 0.6 is 0 Å². The van der Waals surface area contributed by atoms with E-state index < -0.39 is 0 Å². The molecule has 6 nitrogen and oxygen atoms in total. The predicted octanol–water partition coefficient (Wildman–Crippen LogP) is 1.24. The van der Waals surface area contributed by atoms with Gasteiger partial charge in [0.2, 0.25) is 5.91 Å². The second-order valence-electron chi connectivity index (χ2n) is 4.96. The summed E-state index contributed by atoms with van der Waals surface area (Å²) in [6, 6.07) is 1.97. The van der Waals surface area contributed by atoms with Crippen LogP contribution in [0.1, 0.15) is 13.3 Å². The van der Waals surface area contributed by atoms with Crippen LogP contribution in [0, 0.1) is 5.92 Å². The molecule has 19 heavy (non-hydrogen) atoms. The Balaban J connectivity index is 1.64. The summed E-state index contributed by atoms with van der Waals surface area (Å²) in [5.41, 5.74) is 0.842. The summed E-state index contributed by atoms with van der Waals surface area (Å²) in [6.07, 6.45) is 4.46. The zero-order valence-electron chi connectivity index (χ0n) is 10.9. The first-order valence-electron chi connectivity index (χ1n) is 6.51. The summed E-state index contributed by atoms with van der Waals surface area (Å²) in [5, 5.41) is 4.37. The van der Waals surface area contributed by atoms with E-state index in [2.05, 4.69) is 20.3 Å². The lowest BCUT2D eigenvalue weighted by atomic mass is 10.1. The highest BCUT2D eigenvalue weighted by Crippen LogP contribution is 2.20. The highest BCUT2D eigenvalue weighted by atomic mass is 16.2. The number of nitrogens with zero attached hydrogens (tertiary/aromatic N) is 3. The summed E-state index contributed by atoms with van der Waals surface area (Å²) < 4.78 is 0. The van der Waals surface area contributed by atoms with Crippen molar-refractivity contribution >= 4 is 22.8 Å². The highest BCUT2D eigenvalue weighted by Gasteiger charge is 2.23. The van der Waals surface area contributed by atoms with E-state index in [0.717, 1.165) is 42.9 Å². The van der Waals surface area contributed by atoms with Gasteiger partial charge in [0, 0.05) is 32.8 Å². The van der Waals surface area contributed by atoms with Crippen LogP contribution in [0.15, 0.2) is 18.6 Å².